The maximum atomic E-state index is 6.49. The Balaban J connectivity index is 0.000000156. The molecule has 3 saturated carbocycles. The Morgan fingerprint density at radius 2 is 1.11 bits per heavy atom. The van der Waals surface area contributed by atoms with Crippen molar-refractivity contribution in [3.05, 3.63) is 193 Å². The molecule has 5 aromatic carbocycles. The Bertz CT molecular complexity index is 3120. The van der Waals surface area contributed by atoms with Crippen LogP contribution in [0.1, 0.15) is 76.5 Å². The number of hydrogen-bond acceptors (Lipinski definition) is 4. The van der Waals surface area contributed by atoms with Crippen molar-refractivity contribution in [3.63, 3.8) is 0 Å². The first kappa shape index (κ1) is 51.6. The van der Waals surface area contributed by atoms with E-state index in [9.17, 15) is 0 Å². The van der Waals surface area contributed by atoms with Crippen LogP contribution in [0.25, 0.3) is 66.8 Å². The number of para-hydroxylation sites is 1. The smallest absolute Gasteiger partial charge is 0.144 e. The summed E-state index contributed by atoms with van der Waals surface area (Å²) in [5, 5.41) is 3.84. The van der Waals surface area contributed by atoms with E-state index in [0.717, 1.165) is 69.8 Å². The SMILES string of the molecule is CC(C)Cc1cc(-c2ccccc2)ncc1[Si](C)(C)C.CC(C)Cc1ccnc(-c2ccccc2)c1.[Ir].c1ccc(-c2cccc3oc4c(-c5cc(CC6CC7CCC6CC7)ccn5)cccc4c23)cc1. The van der Waals surface area contributed by atoms with Gasteiger partial charge < -0.3 is 4.42 Å². The molecule has 4 aromatic heterocycles. The molecule has 0 amide bonds. The van der Waals surface area contributed by atoms with Crippen LogP contribution in [0, 0.1) is 29.6 Å². The first-order valence-corrected chi connectivity index (χ1v) is 29.5. The topological polar surface area (TPSA) is 51.8 Å². The Morgan fingerprint density at radius 3 is 1.72 bits per heavy atom. The summed E-state index contributed by atoms with van der Waals surface area (Å²) in [5.74, 6) is 4.11. The van der Waals surface area contributed by atoms with E-state index in [1.807, 2.05) is 30.6 Å². The summed E-state index contributed by atoms with van der Waals surface area (Å²) < 4.78 is 6.49. The van der Waals surface area contributed by atoms with Gasteiger partial charge in [-0.3, -0.25) is 15.0 Å². The van der Waals surface area contributed by atoms with Gasteiger partial charge in [0.25, 0.3) is 0 Å². The molecule has 1 unspecified atom stereocenters. The van der Waals surface area contributed by atoms with Crippen LogP contribution < -0.4 is 5.19 Å². The fraction of sp³-hybridized carbons (Fsp3) is 0.308. The van der Waals surface area contributed by atoms with Gasteiger partial charge in [0.15, 0.2) is 0 Å². The zero-order valence-corrected chi connectivity index (χ0v) is 46.3. The van der Waals surface area contributed by atoms with E-state index in [1.54, 1.807) is 0 Å². The number of hydrogen-bond donors (Lipinski definition) is 0. The average Bonchev–Trinajstić information content (AvgIpc) is 3.77. The Labute approximate surface area is 438 Å². The van der Waals surface area contributed by atoms with Gasteiger partial charge in [0.1, 0.15) is 11.2 Å². The second-order valence-electron chi connectivity index (χ2n) is 21.8. The molecule has 3 aliphatic rings. The Morgan fingerprint density at radius 1 is 0.549 bits per heavy atom. The number of pyridine rings is 3. The number of furan rings is 1. The third-order valence-electron chi connectivity index (χ3n) is 14.4. The van der Waals surface area contributed by atoms with Crippen LogP contribution in [0.2, 0.25) is 19.6 Å². The fourth-order valence-electron chi connectivity index (χ4n) is 11.1. The average molecular weight is 1130 g/mol. The summed E-state index contributed by atoms with van der Waals surface area (Å²) in [7, 11) is -1.33. The maximum Gasteiger partial charge on any atom is 0.144 e. The molecular formula is C65H71IrN3OSi. The summed E-state index contributed by atoms with van der Waals surface area (Å²) >= 11 is 0. The maximum absolute atomic E-state index is 6.49. The van der Waals surface area contributed by atoms with Gasteiger partial charge in [-0.15, -0.1) is 0 Å². The van der Waals surface area contributed by atoms with Crippen LogP contribution in [0.15, 0.2) is 181 Å². The summed E-state index contributed by atoms with van der Waals surface area (Å²) in [4.78, 5) is 13.9. The van der Waals surface area contributed by atoms with E-state index in [0.29, 0.717) is 11.8 Å². The van der Waals surface area contributed by atoms with Crippen molar-refractivity contribution < 1.29 is 24.5 Å². The molecular weight excluding hydrogens is 1060 g/mol. The van der Waals surface area contributed by atoms with Crippen LogP contribution in [-0.4, -0.2) is 23.0 Å². The standard InChI is InChI=1S/C32H29NO.C18H25NSi.C15H17N.Ir/c1-2-6-24(7-3-1)26-8-5-11-30-31(26)28-10-4-9-27(32(28)34-30)29-20-22(16-17-33-29)19-25-18-21-12-14-23(25)15-13-21;1-14(2)11-16-12-17(15-9-7-6-8-10-15)19-13-18(16)20(3,4)5;1-12(2)10-13-8-9-16-15(11-13)14-6-4-3-5-7-14;/h1-11,16-17,20-21,23,25H,12-15,18-19H2;6-10,12-14H,11H2,1-5H3;3-9,11-12H,10H2,1-2H3;. The van der Waals surface area contributed by atoms with Crippen LogP contribution in [0.5, 0.6) is 0 Å². The summed E-state index contributed by atoms with van der Waals surface area (Å²) in [6.45, 7) is 16.3. The molecule has 4 nitrogen and oxygen atoms in total. The first-order chi connectivity index (χ1) is 34.0. The van der Waals surface area contributed by atoms with E-state index in [2.05, 4.69) is 198 Å². The first-order valence-electron chi connectivity index (χ1n) is 26.0. The molecule has 1 radical (unpaired) electrons. The van der Waals surface area contributed by atoms with Crippen molar-refractivity contribution >= 4 is 35.2 Å². The van der Waals surface area contributed by atoms with Crippen LogP contribution in [0.4, 0.5) is 0 Å². The monoisotopic (exact) mass is 1130 g/mol. The molecule has 3 aliphatic carbocycles. The summed E-state index contributed by atoms with van der Waals surface area (Å²) in [6.07, 6.45) is 16.7. The van der Waals surface area contributed by atoms with E-state index >= 15 is 0 Å². The third-order valence-corrected chi connectivity index (χ3v) is 16.5. The van der Waals surface area contributed by atoms with Gasteiger partial charge in [-0.2, -0.15) is 0 Å². The zero-order valence-electron chi connectivity index (χ0n) is 42.9. The van der Waals surface area contributed by atoms with E-state index < -0.39 is 8.07 Å². The van der Waals surface area contributed by atoms with Crippen LogP contribution in [-0.2, 0) is 39.4 Å². The molecule has 0 aliphatic heterocycles. The van der Waals surface area contributed by atoms with Gasteiger partial charge in [-0.25, -0.2) is 0 Å². The minimum Gasteiger partial charge on any atom is -0.455 e. The summed E-state index contributed by atoms with van der Waals surface area (Å²) in [6, 6.07) is 55.3. The molecule has 6 heteroatoms. The van der Waals surface area contributed by atoms with Gasteiger partial charge in [-0.1, -0.05) is 175 Å². The van der Waals surface area contributed by atoms with Gasteiger partial charge in [0, 0.05) is 66.2 Å². The van der Waals surface area contributed by atoms with Gasteiger partial charge >= 0.3 is 0 Å². The molecule has 0 saturated heterocycles. The van der Waals surface area contributed by atoms with Crippen molar-refractivity contribution in [1.29, 1.82) is 0 Å². The van der Waals surface area contributed by atoms with Crippen molar-refractivity contribution in [2.75, 3.05) is 0 Å². The minimum atomic E-state index is -1.33. The normalized spacial score (nSPS) is 16.3. The molecule has 2 bridgehead atoms. The minimum absolute atomic E-state index is 0. The van der Waals surface area contributed by atoms with Crippen LogP contribution >= 0.6 is 0 Å². The predicted octanol–water partition coefficient (Wildman–Crippen LogP) is 17.1. The predicted molar refractivity (Wildman–Crippen MR) is 299 cm³/mol. The molecule has 3 fully saturated rings. The van der Waals surface area contributed by atoms with Crippen molar-refractivity contribution in [3.8, 4) is 44.9 Å². The van der Waals surface area contributed by atoms with E-state index in [4.69, 9.17) is 14.4 Å². The molecule has 71 heavy (non-hydrogen) atoms. The Hall–Kier alpha value is -5.78. The largest absolute Gasteiger partial charge is 0.455 e. The van der Waals surface area contributed by atoms with Gasteiger partial charge in [0.2, 0.25) is 0 Å². The number of benzene rings is 5. The third kappa shape index (κ3) is 12.8. The summed E-state index contributed by atoms with van der Waals surface area (Å²) in [5.41, 5.74) is 15.2. The fourth-order valence-corrected chi connectivity index (χ4v) is 12.7. The van der Waals surface area contributed by atoms with Gasteiger partial charge in [-0.05, 0) is 144 Å². The molecule has 1 atom stereocenters. The second-order valence-corrected chi connectivity index (χ2v) is 26.9. The van der Waals surface area contributed by atoms with Crippen LogP contribution in [0.3, 0.4) is 0 Å². The molecule has 0 N–H and O–H groups in total. The Kier molecular flexibility index (Phi) is 17.2. The van der Waals surface area contributed by atoms with Crippen molar-refractivity contribution in [2.45, 2.75) is 98.7 Å². The number of nitrogens with zero attached hydrogens (tertiary/aromatic N) is 3. The number of aromatic nitrogens is 3. The molecule has 0 spiro atoms. The second kappa shape index (κ2) is 23.6. The molecule has 12 rings (SSSR count). The molecule has 365 valence electrons. The quantitative estimate of drug-likeness (QED) is 0.121. The van der Waals surface area contributed by atoms with Crippen molar-refractivity contribution in [2.24, 2.45) is 29.6 Å². The van der Waals surface area contributed by atoms with Gasteiger partial charge in [0.05, 0.1) is 25.2 Å². The number of fused-ring (bicyclic) bond motifs is 6. The molecule has 9 aromatic rings. The van der Waals surface area contributed by atoms with E-state index in [1.165, 1.54) is 88.0 Å². The van der Waals surface area contributed by atoms with Crippen molar-refractivity contribution in [1.82, 2.24) is 15.0 Å². The van der Waals surface area contributed by atoms with E-state index in [-0.39, 0.29) is 20.1 Å². The molecule has 4 heterocycles. The zero-order chi connectivity index (χ0) is 48.6. The number of rotatable bonds is 11.